The number of rotatable bonds is 3. The highest BCUT2D eigenvalue weighted by Crippen LogP contribution is 2.18. The van der Waals surface area contributed by atoms with E-state index >= 15 is 0 Å². The molecule has 0 aromatic carbocycles. The Balaban J connectivity index is 2.66. The van der Waals surface area contributed by atoms with Crippen LogP contribution in [0.5, 0.6) is 0 Å². The van der Waals surface area contributed by atoms with E-state index in [9.17, 15) is 4.79 Å². The molecule has 0 spiro atoms. The first kappa shape index (κ1) is 12.1. The zero-order chi connectivity index (χ0) is 12.4. The number of carbonyl (C=O) groups is 1. The summed E-state index contributed by atoms with van der Waals surface area (Å²) in [6.45, 7) is 0.478. The molecule has 0 aliphatic heterocycles. The van der Waals surface area contributed by atoms with E-state index in [2.05, 4.69) is 20.9 Å². The van der Waals surface area contributed by atoms with Crippen LogP contribution in [0.25, 0.3) is 5.52 Å². The van der Waals surface area contributed by atoms with E-state index in [4.69, 9.17) is 10.5 Å². The SMILES string of the molecule is COC(=O)c1nc(CCN)n2cc(Br)ccc12. The van der Waals surface area contributed by atoms with Gasteiger partial charge in [-0.3, -0.25) is 0 Å². The summed E-state index contributed by atoms with van der Waals surface area (Å²) in [6.07, 6.45) is 2.47. The molecule has 0 amide bonds. The monoisotopic (exact) mass is 297 g/mol. The highest BCUT2D eigenvalue weighted by Gasteiger charge is 2.17. The van der Waals surface area contributed by atoms with Gasteiger partial charge in [0.15, 0.2) is 5.69 Å². The Morgan fingerprint density at radius 3 is 3.00 bits per heavy atom. The molecule has 2 heterocycles. The summed E-state index contributed by atoms with van der Waals surface area (Å²) in [5.74, 6) is 0.317. The molecule has 2 aromatic rings. The van der Waals surface area contributed by atoms with E-state index in [1.807, 2.05) is 22.7 Å². The Labute approximate surface area is 107 Å². The standard InChI is InChI=1S/C11H12BrN3O2/c1-17-11(16)10-8-3-2-7(12)6-15(8)9(14-10)4-5-13/h2-3,6H,4-5,13H2,1H3. The second kappa shape index (κ2) is 4.85. The maximum Gasteiger partial charge on any atom is 0.358 e. The van der Waals surface area contributed by atoms with Gasteiger partial charge in [-0.1, -0.05) is 0 Å². The van der Waals surface area contributed by atoms with Crippen LogP contribution in [-0.4, -0.2) is 29.0 Å². The molecule has 0 aliphatic carbocycles. The predicted molar refractivity (Wildman–Crippen MR) is 67.0 cm³/mol. The maximum atomic E-state index is 11.6. The van der Waals surface area contributed by atoms with Gasteiger partial charge in [-0.2, -0.15) is 0 Å². The number of imidazole rings is 1. The van der Waals surface area contributed by atoms with Crippen molar-refractivity contribution in [3.63, 3.8) is 0 Å². The number of methoxy groups -OCH3 is 1. The number of ether oxygens (including phenoxy) is 1. The van der Waals surface area contributed by atoms with Crippen LogP contribution in [0.2, 0.25) is 0 Å². The molecule has 0 fully saturated rings. The third-order valence-corrected chi connectivity index (χ3v) is 2.89. The van der Waals surface area contributed by atoms with Crippen LogP contribution < -0.4 is 5.73 Å². The molecular formula is C11H12BrN3O2. The van der Waals surface area contributed by atoms with Gasteiger partial charge in [0.25, 0.3) is 0 Å². The average molecular weight is 298 g/mol. The van der Waals surface area contributed by atoms with Crippen molar-refractivity contribution in [2.45, 2.75) is 6.42 Å². The summed E-state index contributed by atoms with van der Waals surface area (Å²) < 4.78 is 7.47. The van der Waals surface area contributed by atoms with Gasteiger partial charge in [0, 0.05) is 17.1 Å². The third-order valence-electron chi connectivity index (χ3n) is 2.42. The van der Waals surface area contributed by atoms with Crippen LogP contribution >= 0.6 is 15.9 Å². The number of esters is 1. The van der Waals surface area contributed by atoms with Gasteiger partial charge < -0.3 is 14.9 Å². The molecule has 0 saturated heterocycles. The van der Waals surface area contributed by atoms with Crippen LogP contribution in [0.4, 0.5) is 0 Å². The number of carbonyl (C=O) groups excluding carboxylic acids is 1. The fourth-order valence-corrected chi connectivity index (χ4v) is 2.01. The van der Waals surface area contributed by atoms with Gasteiger partial charge in [0.2, 0.25) is 0 Å². The van der Waals surface area contributed by atoms with Gasteiger partial charge in [0.1, 0.15) is 5.82 Å². The smallest absolute Gasteiger partial charge is 0.358 e. The summed E-state index contributed by atoms with van der Waals surface area (Å²) >= 11 is 3.39. The number of nitrogens with zero attached hydrogens (tertiary/aromatic N) is 2. The molecule has 0 aliphatic rings. The van der Waals surface area contributed by atoms with Crippen LogP contribution in [-0.2, 0) is 11.2 Å². The van der Waals surface area contributed by atoms with Gasteiger partial charge in [-0.05, 0) is 34.6 Å². The minimum absolute atomic E-state index is 0.323. The lowest BCUT2D eigenvalue weighted by Gasteiger charge is -2.00. The lowest BCUT2D eigenvalue weighted by atomic mass is 10.3. The van der Waals surface area contributed by atoms with E-state index in [-0.39, 0.29) is 0 Å². The van der Waals surface area contributed by atoms with Gasteiger partial charge >= 0.3 is 5.97 Å². The zero-order valence-electron chi connectivity index (χ0n) is 9.31. The molecule has 6 heteroatoms. The van der Waals surface area contributed by atoms with E-state index in [0.29, 0.717) is 18.7 Å². The molecule has 2 N–H and O–H groups in total. The Morgan fingerprint density at radius 1 is 1.59 bits per heavy atom. The van der Waals surface area contributed by atoms with Crippen molar-refractivity contribution < 1.29 is 9.53 Å². The summed E-state index contributed by atoms with van der Waals surface area (Å²) in [4.78, 5) is 15.9. The van der Waals surface area contributed by atoms with Crippen LogP contribution in [0, 0.1) is 0 Å². The first-order chi connectivity index (χ1) is 8.17. The quantitative estimate of drug-likeness (QED) is 0.869. The number of hydrogen-bond acceptors (Lipinski definition) is 4. The van der Waals surface area contributed by atoms with Gasteiger partial charge in [-0.15, -0.1) is 0 Å². The molecule has 2 rings (SSSR count). The third kappa shape index (κ3) is 2.18. The van der Waals surface area contributed by atoms with E-state index in [0.717, 1.165) is 15.8 Å². The molecule has 90 valence electrons. The minimum atomic E-state index is -0.437. The van der Waals surface area contributed by atoms with Crippen LogP contribution in [0.15, 0.2) is 22.8 Å². The fraction of sp³-hybridized carbons (Fsp3) is 0.273. The normalized spacial score (nSPS) is 10.8. The van der Waals surface area contributed by atoms with Gasteiger partial charge in [-0.25, -0.2) is 9.78 Å². The zero-order valence-corrected chi connectivity index (χ0v) is 10.9. The largest absolute Gasteiger partial charge is 0.464 e. The fourth-order valence-electron chi connectivity index (χ4n) is 1.67. The molecule has 0 atom stereocenters. The Bertz CT molecular complexity index is 565. The molecule has 0 radical (unpaired) electrons. The lowest BCUT2D eigenvalue weighted by molar-refractivity contribution is 0.0597. The average Bonchev–Trinajstić information content (AvgIpc) is 2.67. The van der Waals surface area contributed by atoms with Crippen molar-refractivity contribution >= 4 is 27.4 Å². The van der Waals surface area contributed by atoms with Crippen molar-refractivity contribution in [3.8, 4) is 0 Å². The lowest BCUT2D eigenvalue weighted by Crippen LogP contribution is -2.06. The van der Waals surface area contributed by atoms with Crippen molar-refractivity contribution in [3.05, 3.63) is 34.3 Å². The number of pyridine rings is 1. The molecule has 0 bridgehead atoms. The molecule has 0 saturated carbocycles. The summed E-state index contributed by atoms with van der Waals surface area (Å²) in [6, 6.07) is 3.68. The van der Waals surface area contributed by atoms with E-state index in [1.165, 1.54) is 7.11 Å². The number of nitrogens with two attached hydrogens (primary N) is 1. The van der Waals surface area contributed by atoms with E-state index in [1.54, 1.807) is 0 Å². The first-order valence-electron chi connectivity index (χ1n) is 5.12. The highest BCUT2D eigenvalue weighted by atomic mass is 79.9. The molecule has 17 heavy (non-hydrogen) atoms. The summed E-state index contributed by atoms with van der Waals surface area (Å²) in [5.41, 5.74) is 6.57. The number of hydrogen-bond donors (Lipinski definition) is 1. The number of aromatic nitrogens is 2. The van der Waals surface area contributed by atoms with Crippen molar-refractivity contribution in [1.82, 2.24) is 9.38 Å². The minimum Gasteiger partial charge on any atom is -0.464 e. The van der Waals surface area contributed by atoms with Crippen LogP contribution in [0.3, 0.4) is 0 Å². The topological polar surface area (TPSA) is 69.6 Å². The highest BCUT2D eigenvalue weighted by molar-refractivity contribution is 9.10. The summed E-state index contributed by atoms with van der Waals surface area (Å²) in [7, 11) is 1.34. The summed E-state index contributed by atoms with van der Waals surface area (Å²) in [5, 5.41) is 0. The molecule has 2 aromatic heterocycles. The maximum absolute atomic E-state index is 11.6. The van der Waals surface area contributed by atoms with Crippen LogP contribution in [0.1, 0.15) is 16.3 Å². The van der Waals surface area contributed by atoms with E-state index < -0.39 is 5.97 Å². The van der Waals surface area contributed by atoms with Crippen molar-refractivity contribution in [2.24, 2.45) is 5.73 Å². The Hall–Kier alpha value is -1.40. The second-order valence-corrected chi connectivity index (χ2v) is 4.43. The first-order valence-corrected chi connectivity index (χ1v) is 5.91. The number of fused-ring (bicyclic) bond motifs is 1. The molecule has 0 unspecified atom stereocenters. The number of halogens is 1. The molecular weight excluding hydrogens is 286 g/mol. The molecule has 5 nitrogen and oxygen atoms in total. The van der Waals surface area contributed by atoms with Gasteiger partial charge in [0.05, 0.1) is 12.6 Å². The Kier molecular flexibility index (Phi) is 3.44. The second-order valence-electron chi connectivity index (χ2n) is 3.51. The van der Waals surface area contributed by atoms with Crippen molar-refractivity contribution in [2.75, 3.05) is 13.7 Å². The Morgan fingerprint density at radius 2 is 2.35 bits per heavy atom. The van der Waals surface area contributed by atoms with Crippen molar-refractivity contribution in [1.29, 1.82) is 0 Å². The predicted octanol–water partition coefficient (Wildman–Crippen LogP) is 1.38.